The van der Waals surface area contributed by atoms with Crippen LogP contribution in [0.2, 0.25) is 0 Å². The number of likely N-dealkylation sites (N-methyl/N-ethyl adjacent to an activating group) is 2. The molecule has 1 heterocycles. The van der Waals surface area contributed by atoms with Gasteiger partial charge < -0.3 is 20.1 Å². The number of aliphatic hydroxyl groups excluding tert-OH is 1. The second-order valence-electron chi connectivity index (χ2n) is 4.87. The van der Waals surface area contributed by atoms with Gasteiger partial charge in [-0.05, 0) is 21.0 Å². The minimum absolute atomic E-state index is 0.401. The maximum Gasteiger partial charge on any atom is 0.0897 e. The van der Waals surface area contributed by atoms with E-state index < -0.39 is 6.10 Å². The SMILES string of the molecule is CCOCC(O)CNCC1CN(C)CCN1C. The molecule has 2 N–H and O–H groups in total. The highest BCUT2D eigenvalue weighted by Gasteiger charge is 2.21. The Labute approximate surface area is 105 Å². The first-order chi connectivity index (χ1) is 8.13. The molecule has 5 heteroatoms. The molecule has 0 saturated carbocycles. The topological polar surface area (TPSA) is 48.0 Å². The third-order valence-corrected chi connectivity index (χ3v) is 3.25. The van der Waals surface area contributed by atoms with E-state index in [-0.39, 0.29) is 0 Å². The van der Waals surface area contributed by atoms with E-state index in [2.05, 4.69) is 29.2 Å². The van der Waals surface area contributed by atoms with E-state index >= 15 is 0 Å². The molecule has 102 valence electrons. The number of aliphatic hydroxyl groups is 1. The second-order valence-corrected chi connectivity index (χ2v) is 4.87. The van der Waals surface area contributed by atoms with Crippen LogP contribution >= 0.6 is 0 Å². The zero-order valence-corrected chi connectivity index (χ0v) is 11.4. The van der Waals surface area contributed by atoms with Crippen molar-refractivity contribution in [1.29, 1.82) is 0 Å². The van der Waals surface area contributed by atoms with Crippen molar-refractivity contribution in [3.8, 4) is 0 Å². The van der Waals surface area contributed by atoms with Gasteiger partial charge in [0.2, 0.25) is 0 Å². The highest BCUT2D eigenvalue weighted by molar-refractivity contribution is 4.80. The lowest BCUT2D eigenvalue weighted by Crippen LogP contribution is -2.54. The van der Waals surface area contributed by atoms with Crippen LogP contribution in [0.3, 0.4) is 0 Å². The summed E-state index contributed by atoms with van der Waals surface area (Å²) in [6.07, 6.45) is -0.401. The van der Waals surface area contributed by atoms with Crippen molar-refractivity contribution >= 4 is 0 Å². The number of ether oxygens (including phenoxy) is 1. The van der Waals surface area contributed by atoms with E-state index in [1.54, 1.807) is 0 Å². The molecule has 1 aliphatic rings. The van der Waals surface area contributed by atoms with E-state index in [4.69, 9.17) is 4.74 Å². The first-order valence-electron chi connectivity index (χ1n) is 6.48. The molecule has 5 nitrogen and oxygen atoms in total. The molecule has 1 saturated heterocycles. The monoisotopic (exact) mass is 245 g/mol. The summed E-state index contributed by atoms with van der Waals surface area (Å²) in [7, 11) is 4.32. The van der Waals surface area contributed by atoms with Crippen molar-refractivity contribution < 1.29 is 9.84 Å². The highest BCUT2D eigenvalue weighted by atomic mass is 16.5. The molecule has 1 rings (SSSR count). The van der Waals surface area contributed by atoms with E-state index in [9.17, 15) is 5.11 Å². The average molecular weight is 245 g/mol. The van der Waals surface area contributed by atoms with Crippen LogP contribution < -0.4 is 5.32 Å². The zero-order valence-electron chi connectivity index (χ0n) is 11.4. The van der Waals surface area contributed by atoms with Gasteiger partial charge in [-0.15, -0.1) is 0 Å². The van der Waals surface area contributed by atoms with Gasteiger partial charge in [-0.25, -0.2) is 0 Å². The predicted molar refractivity (Wildman–Crippen MR) is 69.3 cm³/mol. The van der Waals surface area contributed by atoms with E-state index in [1.165, 1.54) is 0 Å². The number of rotatable bonds is 7. The van der Waals surface area contributed by atoms with Gasteiger partial charge in [0.15, 0.2) is 0 Å². The third-order valence-electron chi connectivity index (χ3n) is 3.25. The summed E-state index contributed by atoms with van der Waals surface area (Å²) in [5, 5.41) is 12.9. The predicted octanol–water partition coefficient (Wildman–Crippen LogP) is -0.781. The van der Waals surface area contributed by atoms with Crippen LogP contribution in [-0.4, -0.2) is 87.1 Å². The molecule has 0 aromatic heterocycles. The summed E-state index contributed by atoms with van der Waals surface area (Å²) >= 11 is 0. The van der Waals surface area contributed by atoms with Gasteiger partial charge in [0, 0.05) is 45.4 Å². The summed E-state index contributed by atoms with van der Waals surface area (Å²) in [5.41, 5.74) is 0. The van der Waals surface area contributed by atoms with Crippen molar-refractivity contribution in [2.75, 3.05) is 60.0 Å². The largest absolute Gasteiger partial charge is 0.389 e. The average Bonchev–Trinajstić information content (AvgIpc) is 2.31. The molecular formula is C12H27N3O2. The summed E-state index contributed by atoms with van der Waals surface area (Å²) in [6, 6.07) is 0.535. The number of piperazine rings is 1. The Hall–Kier alpha value is -0.200. The fourth-order valence-corrected chi connectivity index (χ4v) is 2.05. The van der Waals surface area contributed by atoms with Crippen molar-refractivity contribution in [1.82, 2.24) is 15.1 Å². The molecule has 0 bridgehead atoms. The van der Waals surface area contributed by atoms with E-state index in [0.717, 1.165) is 26.2 Å². The molecule has 0 spiro atoms. The number of nitrogens with one attached hydrogen (secondary N) is 1. The summed E-state index contributed by atoms with van der Waals surface area (Å²) < 4.78 is 5.17. The molecule has 2 atom stereocenters. The Bertz CT molecular complexity index is 204. The van der Waals surface area contributed by atoms with Crippen LogP contribution in [0.15, 0.2) is 0 Å². The molecule has 1 aliphatic heterocycles. The van der Waals surface area contributed by atoms with Gasteiger partial charge in [-0.2, -0.15) is 0 Å². The van der Waals surface area contributed by atoms with E-state index in [1.807, 2.05) is 6.92 Å². The number of nitrogens with zero attached hydrogens (tertiary/aromatic N) is 2. The smallest absolute Gasteiger partial charge is 0.0897 e. The fraction of sp³-hybridized carbons (Fsp3) is 1.00. The van der Waals surface area contributed by atoms with Crippen LogP contribution in [0.5, 0.6) is 0 Å². The van der Waals surface area contributed by atoms with Gasteiger partial charge in [0.1, 0.15) is 0 Å². The van der Waals surface area contributed by atoms with Crippen molar-refractivity contribution in [2.45, 2.75) is 19.1 Å². The Kier molecular flexibility index (Phi) is 6.99. The summed E-state index contributed by atoms with van der Waals surface area (Å²) in [5.74, 6) is 0. The van der Waals surface area contributed by atoms with Crippen LogP contribution in [0.1, 0.15) is 6.92 Å². The molecule has 0 radical (unpaired) electrons. The maximum atomic E-state index is 9.62. The van der Waals surface area contributed by atoms with Crippen molar-refractivity contribution in [3.63, 3.8) is 0 Å². The van der Waals surface area contributed by atoms with Gasteiger partial charge >= 0.3 is 0 Å². The summed E-state index contributed by atoms with van der Waals surface area (Å²) in [4.78, 5) is 4.73. The van der Waals surface area contributed by atoms with Gasteiger partial charge in [-0.1, -0.05) is 0 Å². The van der Waals surface area contributed by atoms with Crippen LogP contribution in [0, 0.1) is 0 Å². The fourth-order valence-electron chi connectivity index (χ4n) is 2.05. The normalized spacial score (nSPS) is 25.1. The van der Waals surface area contributed by atoms with Crippen LogP contribution in [0.4, 0.5) is 0 Å². The number of hydrogen-bond donors (Lipinski definition) is 2. The third kappa shape index (κ3) is 5.79. The molecule has 0 amide bonds. The molecule has 0 aromatic rings. The molecule has 17 heavy (non-hydrogen) atoms. The molecule has 2 unspecified atom stereocenters. The van der Waals surface area contributed by atoms with Crippen LogP contribution in [0.25, 0.3) is 0 Å². The minimum Gasteiger partial charge on any atom is -0.389 e. The molecule has 0 aromatic carbocycles. The lowest BCUT2D eigenvalue weighted by Gasteiger charge is -2.37. The first-order valence-corrected chi connectivity index (χ1v) is 6.48. The van der Waals surface area contributed by atoms with Gasteiger partial charge in [0.25, 0.3) is 0 Å². The van der Waals surface area contributed by atoms with Gasteiger partial charge in [0.05, 0.1) is 12.7 Å². The molecular weight excluding hydrogens is 218 g/mol. The van der Waals surface area contributed by atoms with Crippen molar-refractivity contribution in [2.24, 2.45) is 0 Å². The number of hydrogen-bond acceptors (Lipinski definition) is 5. The lowest BCUT2D eigenvalue weighted by atomic mass is 10.2. The first kappa shape index (κ1) is 14.9. The Morgan fingerprint density at radius 2 is 2.18 bits per heavy atom. The van der Waals surface area contributed by atoms with E-state index in [0.29, 0.717) is 25.8 Å². The Morgan fingerprint density at radius 3 is 2.88 bits per heavy atom. The zero-order chi connectivity index (χ0) is 12.7. The Balaban J connectivity index is 2.12. The van der Waals surface area contributed by atoms with Crippen LogP contribution in [-0.2, 0) is 4.74 Å². The van der Waals surface area contributed by atoms with Crippen molar-refractivity contribution in [3.05, 3.63) is 0 Å². The highest BCUT2D eigenvalue weighted by Crippen LogP contribution is 2.04. The lowest BCUT2D eigenvalue weighted by molar-refractivity contribution is 0.0404. The molecule has 0 aliphatic carbocycles. The Morgan fingerprint density at radius 1 is 1.41 bits per heavy atom. The quantitative estimate of drug-likeness (QED) is 0.616. The van der Waals surface area contributed by atoms with Gasteiger partial charge in [-0.3, -0.25) is 4.90 Å². The minimum atomic E-state index is -0.401. The second kappa shape index (κ2) is 8.00. The molecule has 1 fully saturated rings. The maximum absolute atomic E-state index is 9.62. The summed E-state index contributed by atoms with van der Waals surface area (Å²) in [6.45, 7) is 7.89. The standard InChI is InChI=1S/C12H27N3O2/c1-4-17-10-12(16)8-13-7-11-9-14(2)5-6-15(11)3/h11-13,16H,4-10H2,1-3H3.